The molecule has 0 unspecified atom stereocenters. The third-order valence-corrected chi connectivity index (χ3v) is 6.81. The summed E-state index contributed by atoms with van der Waals surface area (Å²) in [5, 5.41) is 12.6. The quantitative estimate of drug-likeness (QED) is 0.827. The number of hydrogen-bond acceptors (Lipinski definition) is 3. The van der Waals surface area contributed by atoms with Gasteiger partial charge in [-0.25, -0.2) is 8.78 Å². The molecule has 0 saturated heterocycles. The summed E-state index contributed by atoms with van der Waals surface area (Å²) in [5.41, 5.74) is -1.39. The van der Waals surface area contributed by atoms with E-state index in [0.717, 1.165) is 0 Å². The van der Waals surface area contributed by atoms with Crippen molar-refractivity contribution in [3.8, 4) is 0 Å². The summed E-state index contributed by atoms with van der Waals surface area (Å²) < 4.78 is 28.9. The van der Waals surface area contributed by atoms with Crippen LogP contribution in [-0.2, 0) is 15.9 Å². The topological polar surface area (TPSA) is 69.6 Å². The van der Waals surface area contributed by atoms with Gasteiger partial charge in [-0.2, -0.15) is 0 Å². The number of carbonyl (C=O) groups excluding carboxylic acids is 2. The molecule has 1 aromatic rings. The first-order chi connectivity index (χ1) is 13.1. The maximum atomic E-state index is 14.5. The summed E-state index contributed by atoms with van der Waals surface area (Å²) in [4.78, 5) is 26.7. The molecule has 3 fully saturated rings. The molecule has 2 N–H and O–H groups in total. The lowest BCUT2D eigenvalue weighted by Crippen LogP contribution is -2.56. The Kier molecular flexibility index (Phi) is 3.56. The first kappa shape index (κ1) is 18.0. The number of amides is 2. The van der Waals surface area contributed by atoms with E-state index in [0.29, 0.717) is 48.8 Å². The number of rotatable bonds is 4. The Hall–Kier alpha value is -2.02. The van der Waals surface area contributed by atoms with Gasteiger partial charge in [0.15, 0.2) is 0 Å². The van der Waals surface area contributed by atoms with E-state index in [2.05, 4.69) is 5.32 Å². The summed E-state index contributed by atoms with van der Waals surface area (Å²) in [6.07, 6.45) is 1.11. The maximum absolute atomic E-state index is 14.5. The summed E-state index contributed by atoms with van der Waals surface area (Å²) in [6, 6.07) is 4.79. The molecule has 1 aliphatic heterocycles. The molecule has 2 amide bonds. The van der Waals surface area contributed by atoms with E-state index in [1.54, 1.807) is 25.1 Å². The van der Waals surface area contributed by atoms with Crippen molar-refractivity contribution in [3.05, 3.63) is 34.9 Å². The van der Waals surface area contributed by atoms with Crippen LogP contribution in [0.5, 0.6) is 0 Å². The molecule has 1 heterocycles. The molecule has 7 heteroatoms. The first-order valence-corrected chi connectivity index (χ1v) is 9.91. The average Bonchev–Trinajstić information content (AvgIpc) is 3.49. The van der Waals surface area contributed by atoms with Gasteiger partial charge < -0.3 is 15.3 Å². The van der Waals surface area contributed by atoms with Gasteiger partial charge in [0, 0.05) is 23.6 Å². The van der Waals surface area contributed by atoms with Crippen LogP contribution >= 0.6 is 0 Å². The van der Waals surface area contributed by atoms with Crippen LogP contribution < -0.4 is 5.32 Å². The zero-order valence-corrected chi connectivity index (χ0v) is 15.8. The van der Waals surface area contributed by atoms with Crippen molar-refractivity contribution in [2.24, 2.45) is 0 Å². The lowest BCUT2D eigenvalue weighted by Gasteiger charge is -2.41. The minimum absolute atomic E-state index is 0.0969. The summed E-state index contributed by atoms with van der Waals surface area (Å²) in [6.45, 7) is 1.72. The highest BCUT2D eigenvalue weighted by molar-refractivity contribution is 6.00. The average molecular weight is 390 g/mol. The number of nitrogens with one attached hydrogen (secondary N) is 1. The van der Waals surface area contributed by atoms with Crippen molar-refractivity contribution in [3.63, 3.8) is 0 Å². The van der Waals surface area contributed by atoms with Crippen molar-refractivity contribution in [1.82, 2.24) is 10.2 Å². The molecular weight excluding hydrogens is 366 g/mol. The SMILES string of the molecule is CC1(O)CC(NC(=O)CN2C[C@]3(C[C@@H]3F)c3cc(C4(F)CC4)ccc3C2=O)C1. The van der Waals surface area contributed by atoms with E-state index in [-0.39, 0.29) is 30.9 Å². The second kappa shape index (κ2) is 5.53. The lowest BCUT2D eigenvalue weighted by atomic mass is 9.77. The number of fused-ring (bicyclic) bond motifs is 2. The molecule has 3 aliphatic carbocycles. The Morgan fingerprint density at radius 3 is 2.57 bits per heavy atom. The van der Waals surface area contributed by atoms with Gasteiger partial charge in [-0.15, -0.1) is 0 Å². The highest BCUT2D eigenvalue weighted by Crippen LogP contribution is 2.57. The number of hydrogen-bond donors (Lipinski definition) is 2. The van der Waals surface area contributed by atoms with Crippen LogP contribution in [0.25, 0.3) is 0 Å². The lowest BCUT2D eigenvalue weighted by molar-refractivity contribution is -0.125. The van der Waals surface area contributed by atoms with Crippen LogP contribution in [0, 0.1) is 0 Å². The second-order valence-electron chi connectivity index (χ2n) is 9.38. The fraction of sp³-hybridized carbons (Fsp3) is 0.619. The number of nitrogens with zero attached hydrogens (tertiary/aromatic N) is 1. The van der Waals surface area contributed by atoms with Gasteiger partial charge in [0.1, 0.15) is 11.8 Å². The Morgan fingerprint density at radius 2 is 2.00 bits per heavy atom. The van der Waals surface area contributed by atoms with Gasteiger partial charge in [-0.1, -0.05) is 12.1 Å². The zero-order chi connectivity index (χ0) is 19.9. The number of aliphatic hydroxyl groups is 1. The minimum Gasteiger partial charge on any atom is -0.390 e. The van der Waals surface area contributed by atoms with Gasteiger partial charge in [0.2, 0.25) is 5.91 Å². The third-order valence-electron chi connectivity index (χ3n) is 6.81. The Morgan fingerprint density at radius 1 is 1.32 bits per heavy atom. The van der Waals surface area contributed by atoms with Crippen LogP contribution in [0.2, 0.25) is 0 Å². The fourth-order valence-electron chi connectivity index (χ4n) is 4.87. The van der Waals surface area contributed by atoms with Gasteiger partial charge in [0.05, 0.1) is 12.1 Å². The molecule has 3 saturated carbocycles. The highest BCUT2D eigenvalue weighted by Gasteiger charge is 2.61. The van der Waals surface area contributed by atoms with E-state index in [1.165, 1.54) is 4.90 Å². The number of alkyl halides is 2. The van der Waals surface area contributed by atoms with Crippen LogP contribution in [0.4, 0.5) is 8.78 Å². The molecule has 2 atom stereocenters. The Balaban J connectivity index is 1.35. The standard InChI is InChI=1S/C21H24F2N2O3/c1-19(28)7-13(8-19)24-17(26)10-25-11-20(9-16(20)22)15-6-12(21(23)4-5-21)2-3-14(15)18(25)27/h2-3,6,13,16,28H,4-5,7-11H2,1H3,(H,24,26)/t13?,16-,19?,20+/m0/s1. The third kappa shape index (κ3) is 2.74. The van der Waals surface area contributed by atoms with Gasteiger partial charge in [-0.3, -0.25) is 9.59 Å². The molecule has 5 rings (SSSR count). The minimum atomic E-state index is -1.33. The Bertz CT molecular complexity index is 874. The van der Waals surface area contributed by atoms with E-state index in [9.17, 15) is 23.5 Å². The highest BCUT2D eigenvalue weighted by atomic mass is 19.1. The molecule has 1 aromatic carbocycles. The smallest absolute Gasteiger partial charge is 0.254 e. The number of halogens is 2. The first-order valence-electron chi connectivity index (χ1n) is 9.91. The molecule has 4 aliphatic rings. The molecule has 0 bridgehead atoms. The van der Waals surface area contributed by atoms with Crippen molar-refractivity contribution < 1.29 is 23.5 Å². The van der Waals surface area contributed by atoms with Crippen molar-refractivity contribution in [2.75, 3.05) is 13.1 Å². The van der Waals surface area contributed by atoms with E-state index >= 15 is 0 Å². The molecule has 28 heavy (non-hydrogen) atoms. The molecule has 150 valence electrons. The number of benzene rings is 1. The van der Waals surface area contributed by atoms with Crippen LogP contribution in [0.3, 0.4) is 0 Å². The summed E-state index contributed by atoms with van der Waals surface area (Å²) in [7, 11) is 0. The number of carbonyl (C=O) groups is 2. The van der Waals surface area contributed by atoms with Gasteiger partial charge in [0.25, 0.3) is 5.91 Å². The molecule has 5 nitrogen and oxygen atoms in total. The van der Waals surface area contributed by atoms with Crippen molar-refractivity contribution >= 4 is 11.8 Å². The largest absolute Gasteiger partial charge is 0.390 e. The predicted molar refractivity (Wildman–Crippen MR) is 97.3 cm³/mol. The molecular formula is C21H24F2N2O3. The summed E-state index contributed by atoms with van der Waals surface area (Å²) in [5.74, 6) is -0.619. The maximum Gasteiger partial charge on any atom is 0.254 e. The molecule has 0 aromatic heterocycles. The normalized spacial score (nSPS) is 37.3. The van der Waals surface area contributed by atoms with Crippen molar-refractivity contribution in [2.45, 2.75) is 67.9 Å². The van der Waals surface area contributed by atoms with E-state index in [1.807, 2.05) is 0 Å². The molecule has 0 radical (unpaired) electrons. The van der Waals surface area contributed by atoms with Crippen LogP contribution in [0.15, 0.2) is 18.2 Å². The monoisotopic (exact) mass is 390 g/mol. The summed E-state index contributed by atoms with van der Waals surface area (Å²) >= 11 is 0. The zero-order valence-electron chi connectivity index (χ0n) is 15.8. The van der Waals surface area contributed by atoms with E-state index in [4.69, 9.17) is 0 Å². The Labute approximate surface area is 162 Å². The molecule has 1 spiro atoms. The van der Waals surface area contributed by atoms with Crippen molar-refractivity contribution in [1.29, 1.82) is 0 Å². The van der Waals surface area contributed by atoms with Crippen LogP contribution in [-0.4, -0.2) is 52.7 Å². The fourth-order valence-corrected chi connectivity index (χ4v) is 4.87. The van der Waals surface area contributed by atoms with Gasteiger partial charge >= 0.3 is 0 Å². The van der Waals surface area contributed by atoms with E-state index < -0.39 is 22.9 Å². The second-order valence-corrected chi connectivity index (χ2v) is 9.38. The predicted octanol–water partition coefficient (Wildman–Crippen LogP) is 2.11. The van der Waals surface area contributed by atoms with Crippen LogP contribution in [0.1, 0.15) is 60.5 Å². The van der Waals surface area contributed by atoms with Gasteiger partial charge in [-0.05, 0) is 56.2 Å².